The molecular formula is C16H24ClN3O. The Balaban J connectivity index is 0.00000161. The van der Waals surface area contributed by atoms with Gasteiger partial charge in [-0.05, 0) is 43.7 Å². The van der Waals surface area contributed by atoms with Crippen LogP contribution in [0.15, 0.2) is 18.3 Å². The van der Waals surface area contributed by atoms with E-state index in [2.05, 4.69) is 9.88 Å². The van der Waals surface area contributed by atoms with E-state index in [1.807, 2.05) is 0 Å². The molecule has 1 saturated heterocycles. The number of halogens is 1. The second kappa shape index (κ2) is 7.12. The molecule has 0 radical (unpaired) electrons. The number of anilines is 1. The fraction of sp³-hybridized carbons (Fsp3) is 0.625. The predicted molar refractivity (Wildman–Crippen MR) is 86.5 cm³/mol. The Morgan fingerprint density at radius 3 is 2.57 bits per heavy atom. The number of rotatable bonds is 2. The van der Waals surface area contributed by atoms with Crippen LogP contribution in [0, 0.1) is 5.92 Å². The number of likely N-dealkylation sites (tertiary alicyclic amines) is 1. The number of carbonyl (C=O) groups is 1. The van der Waals surface area contributed by atoms with E-state index in [1.165, 1.54) is 32.1 Å². The summed E-state index contributed by atoms with van der Waals surface area (Å²) in [6, 6.07) is 3.93. The maximum atomic E-state index is 12.6. The zero-order valence-electron chi connectivity index (χ0n) is 12.3. The number of pyridine rings is 1. The minimum atomic E-state index is 0. The van der Waals surface area contributed by atoms with E-state index in [1.54, 1.807) is 18.3 Å². The second-order valence-corrected chi connectivity index (χ2v) is 6.08. The maximum absolute atomic E-state index is 12.6. The smallest absolute Gasteiger partial charge is 0.272 e. The van der Waals surface area contributed by atoms with Gasteiger partial charge in [-0.3, -0.25) is 4.79 Å². The highest BCUT2D eigenvalue weighted by Crippen LogP contribution is 2.34. The lowest BCUT2D eigenvalue weighted by Gasteiger charge is -2.34. The van der Waals surface area contributed by atoms with Crippen molar-refractivity contribution in [1.29, 1.82) is 0 Å². The van der Waals surface area contributed by atoms with E-state index in [-0.39, 0.29) is 18.3 Å². The lowest BCUT2D eigenvalue weighted by molar-refractivity contribution is 0.0655. The standard InChI is InChI=1S/C16H23N3O.ClH/c17-13-8-9-14(18-11-13)16(20)19-10-4-7-15(19)12-5-2-1-3-6-12;/h8-9,11-12,15H,1-7,10,17H2;1H. The summed E-state index contributed by atoms with van der Waals surface area (Å²) < 4.78 is 0. The van der Waals surface area contributed by atoms with Crippen molar-refractivity contribution >= 4 is 24.0 Å². The zero-order valence-corrected chi connectivity index (χ0v) is 13.1. The molecule has 2 N–H and O–H groups in total. The van der Waals surface area contributed by atoms with Crippen molar-refractivity contribution in [3.63, 3.8) is 0 Å². The van der Waals surface area contributed by atoms with Crippen LogP contribution in [-0.2, 0) is 0 Å². The average molecular weight is 310 g/mol. The molecule has 3 rings (SSSR count). The van der Waals surface area contributed by atoms with Gasteiger partial charge in [-0.25, -0.2) is 4.98 Å². The van der Waals surface area contributed by atoms with Gasteiger partial charge in [0.15, 0.2) is 0 Å². The molecular weight excluding hydrogens is 286 g/mol. The number of amides is 1. The highest BCUT2D eigenvalue weighted by molar-refractivity contribution is 5.92. The Morgan fingerprint density at radius 2 is 1.90 bits per heavy atom. The van der Waals surface area contributed by atoms with Crippen LogP contribution in [0.1, 0.15) is 55.4 Å². The molecule has 1 saturated carbocycles. The summed E-state index contributed by atoms with van der Waals surface area (Å²) in [6.07, 6.45) is 10.4. The normalized spacial score (nSPS) is 22.9. The van der Waals surface area contributed by atoms with Gasteiger partial charge >= 0.3 is 0 Å². The summed E-state index contributed by atoms with van der Waals surface area (Å²) >= 11 is 0. The maximum Gasteiger partial charge on any atom is 0.272 e. The van der Waals surface area contributed by atoms with E-state index in [9.17, 15) is 4.79 Å². The van der Waals surface area contributed by atoms with Crippen molar-refractivity contribution in [2.45, 2.75) is 51.0 Å². The third-order valence-electron chi connectivity index (χ3n) is 4.76. The van der Waals surface area contributed by atoms with Crippen molar-refractivity contribution < 1.29 is 4.79 Å². The highest BCUT2D eigenvalue weighted by Gasteiger charge is 2.35. The third-order valence-corrected chi connectivity index (χ3v) is 4.76. The third kappa shape index (κ3) is 3.49. The second-order valence-electron chi connectivity index (χ2n) is 6.08. The predicted octanol–water partition coefficient (Wildman–Crippen LogP) is 3.27. The van der Waals surface area contributed by atoms with Gasteiger partial charge < -0.3 is 10.6 Å². The van der Waals surface area contributed by atoms with Gasteiger partial charge in [0.05, 0.1) is 11.9 Å². The summed E-state index contributed by atoms with van der Waals surface area (Å²) in [5.41, 5.74) is 6.77. The first-order valence-corrected chi connectivity index (χ1v) is 7.78. The van der Waals surface area contributed by atoms with Crippen LogP contribution in [0.5, 0.6) is 0 Å². The van der Waals surface area contributed by atoms with E-state index in [0.29, 0.717) is 23.3 Å². The molecule has 1 aromatic rings. The van der Waals surface area contributed by atoms with Crippen molar-refractivity contribution in [2.24, 2.45) is 5.92 Å². The lowest BCUT2D eigenvalue weighted by atomic mass is 9.83. The van der Waals surface area contributed by atoms with Crippen LogP contribution in [-0.4, -0.2) is 28.4 Å². The van der Waals surface area contributed by atoms with E-state index >= 15 is 0 Å². The minimum absolute atomic E-state index is 0. The van der Waals surface area contributed by atoms with Gasteiger partial charge in [-0.2, -0.15) is 0 Å². The molecule has 0 spiro atoms. The lowest BCUT2D eigenvalue weighted by Crippen LogP contribution is -2.41. The number of nitrogen functional groups attached to an aromatic ring is 1. The minimum Gasteiger partial charge on any atom is -0.397 e. The SMILES string of the molecule is Cl.Nc1ccc(C(=O)N2CCCC2C2CCCCC2)nc1. The molecule has 21 heavy (non-hydrogen) atoms. The monoisotopic (exact) mass is 309 g/mol. The number of nitrogens with zero attached hydrogens (tertiary/aromatic N) is 2. The van der Waals surface area contributed by atoms with Gasteiger partial charge in [0.25, 0.3) is 5.91 Å². The quantitative estimate of drug-likeness (QED) is 0.912. The van der Waals surface area contributed by atoms with Gasteiger partial charge in [0.2, 0.25) is 0 Å². The van der Waals surface area contributed by atoms with Gasteiger partial charge in [0.1, 0.15) is 5.69 Å². The van der Waals surface area contributed by atoms with E-state index < -0.39 is 0 Å². The van der Waals surface area contributed by atoms with Gasteiger partial charge in [-0.1, -0.05) is 19.3 Å². The summed E-state index contributed by atoms with van der Waals surface area (Å²) in [6.45, 7) is 0.881. The fourth-order valence-corrected chi connectivity index (χ4v) is 3.73. The largest absolute Gasteiger partial charge is 0.397 e. The van der Waals surface area contributed by atoms with Crippen LogP contribution in [0.25, 0.3) is 0 Å². The van der Waals surface area contributed by atoms with Crippen LogP contribution in [0.3, 0.4) is 0 Å². The van der Waals surface area contributed by atoms with Gasteiger partial charge in [0, 0.05) is 12.6 Å². The van der Waals surface area contributed by atoms with Crippen molar-refractivity contribution in [3.8, 4) is 0 Å². The highest BCUT2D eigenvalue weighted by atomic mass is 35.5. The summed E-state index contributed by atoms with van der Waals surface area (Å²) in [4.78, 5) is 18.9. The van der Waals surface area contributed by atoms with Crippen LogP contribution in [0.4, 0.5) is 5.69 Å². The molecule has 2 fully saturated rings. The molecule has 1 aromatic heterocycles. The van der Waals surface area contributed by atoms with E-state index in [4.69, 9.17) is 5.73 Å². The molecule has 5 heteroatoms. The molecule has 116 valence electrons. The Morgan fingerprint density at radius 1 is 1.14 bits per heavy atom. The number of nitrogens with two attached hydrogens (primary N) is 1. The summed E-state index contributed by atoms with van der Waals surface area (Å²) in [7, 11) is 0. The molecule has 1 unspecified atom stereocenters. The Bertz CT molecular complexity index is 471. The molecule has 2 heterocycles. The molecule has 1 aliphatic heterocycles. The first kappa shape index (κ1) is 16.1. The Kier molecular flexibility index (Phi) is 5.45. The number of aromatic nitrogens is 1. The van der Waals surface area contributed by atoms with Crippen molar-refractivity contribution in [2.75, 3.05) is 12.3 Å². The van der Waals surface area contributed by atoms with Crippen LogP contribution >= 0.6 is 12.4 Å². The molecule has 0 aromatic carbocycles. The molecule has 1 amide bonds. The number of hydrogen-bond donors (Lipinski definition) is 1. The number of hydrogen-bond acceptors (Lipinski definition) is 3. The topological polar surface area (TPSA) is 59.2 Å². The Labute approximate surface area is 132 Å². The molecule has 1 atom stereocenters. The molecule has 1 aliphatic carbocycles. The van der Waals surface area contributed by atoms with Gasteiger partial charge in [-0.15, -0.1) is 12.4 Å². The average Bonchev–Trinajstić information content (AvgIpc) is 2.97. The molecule has 0 bridgehead atoms. The number of carbonyl (C=O) groups excluding carboxylic acids is 1. The van der Waals surface area contributed by atoms with Crippen molar-refractivity contribution in [1.82, 2.24) is 9.88 Å². The Hall–Kier alpha value is -1.29. The van der Waals surface area contributed by atoms with Crippen molar-refractivity contribution in [3.05, 3.63) is 24.0 Å². The zero-order chi connectivity index (χ0) is 13.9. The first-order valence-electron chi connectivity index (χ1n) is 7.78. The fourth-order valence-electron chi connectivity index (χ4n) is 3.73. The van der Waals surface area contributed by atoms with E-state index in [0.717, 1.165) is 19.4 Å². The molecule has 2 aliphatic rings. The summed E-state index contributed by atoms with van der Waals surface area (Å²) in [5.74, 6) is 0.780. The summed E-state index contributed by atoms with van der Waals surface area (Å²) in [5, 5.41) is 0. The molecule has 4 nitrogen and oxygen atoms in total. The first-order chi connectivity index (χ1) is 9.75. The van der Waals surface area contributed by atoms with Crippen LogP contribution in [0.2, 0.25) is 0 Å². The van der Waals surface area contributed by atoms with Crippen LogP contribution < -0.4 is 5.73 Å².